The molecule has 2 aromatic rings. The fraction of sp³-hybridized carbons (Fsp3) is 0.556. The van der Waals surface area contributed by atoms with Crippen LogP contribution in [0.3, 0.4) is 0 Å². The summed E-state index contributed by atoms with van der Waals surface area (Å²) in [7, 11) is 1.57. The number of ether oxygens (including phenoxy) is 1. The molecule has 1 amide bonds. The summed E-state index contributed by atoms with van der Waals surface area (Å²) in [6.45, 7) is 1.90. The van der Waals surface area contributed by atoms with Crippen LogP contribution in [0.15, 0.2) is 18.5 Å². The zero-order valence-corrected chi connectivity index (χ0v) is 15.7. The first kappa shape index (κ1) is 18.9. The first-order valence-corrected chi connectivity index (χ1v) is 9.17. The van der Waals surface area contributed by atoms with E-state index in [9.17, 15) is 4.79 Å². The number of nitrogens with zero attached hydrogens (tertiary/aromatic N) is 3. The molecule has 0 radical (unpaired) electrons. The highest BCUT2D eigenvalue weighted by Gasteiger charge is 2.38. The third kappa shape index (κ3) is 5.57. The molecule has 9 nitrogen and oxygen atoms in total. The van der Waals surface area contributed by atoms with Gasteiger partial charge in [0.1, 0.15) is 5.82 Å². The van der Waals surface area contributed by atoms with Gasteiger partial charge >= 0.3 is 6.09 Å². The largest absolute Gasteiger partial charge is 0.480 e. The van der Waals surface area contributed by atoms with Crippen molar-refractivity contribution < 1.29 is 14.6 Å². The molecule has 2 saturated carbocycles. The Labute approximate surface area is 158 Å². The van der Waals surface area contributed by atoms with E-state index in [2.05, 4.69) is 36.9 Å². The van der Waals surface area contributed by atoms with Gasteiger partial charge in [-0.05, 0) is 32.6 Å². The fourth-order valence-electron chi connectivity index (χ4n) is 3.03. The Balaban J connectivity index is 0.000000221. The van der Waals surface area contributed by atoms with Gasteiger partial charge in [0.25, 0.3) is 0 Å². The molecule has 0 aromatic carbocycles. The molecule has 2 aliphatic rings. The smallest absolute Gasteiger partial charge is 0.405 e. The molecule has 0 saturated heterocycles. The lowest BCUT2D eigenvalue weighted by molar-refractivity contribution is 0.189. The number of H-pyrrole nitrogens is 1. The van der Waals surface area contributed by atoms with Crippen LogP contribution in [-0.2, 0) is 0 Å². The van der Waals surface area contributed by atoms with Crippen LogP contribution in [0.4, 0.5) is 16.4 Å². The lowest BCUT2D eigenvalue weighted by Crippen LogP contribution is -2.32. The van der Waals surface area contributed by atoms with Gasteiger partial charge < -0.3 is 20.5 Å². The van der Waals surface area contributed by atoms with E-state index in [4.69, 9.17) is 9.84 Å². The highest BCUT2D eigenvalue weighted by atomic mass is 16.5. The molecule has 146 valence electrons. The first-order valence-electron chi connectivity index (χ1n) is 9.17. The van der Waals surface area contributed by atoms with E-state index in [0.29, 0.717) is 17.6 Å². The van der Waals surface area contributed by atoms with Crippen LogP contribution in [0, 0.1) is 0 Å². The topological polar surface area (TPSA) is 125 Å². The van der Waals surface area contributed by atoms with E-state index in [-0.39, 0.29) is 5.54 Å². The van der Waals surface area contributed by atoms with Crippen LogP contribution < -0.4 is 15.4 Å². The molecule has 4 rings (SSSR count). The molecule has 0 spiro atoms. The maximum atomic E-state index is 9.94. The summed E-state index contributed by atoms with van der Waals surface area (Å²) in [6.07, 6.45) is 9.40. The summed E-state index contributed by atoms with van der Waals surface area (Å²) in [6, 6.07) is 2.06. The van der Waals surface area contributed by atoms with Crippen molar-refractivity contribution in [3.05, 3.63) is 24.2 Å². The van der Waals surface area contributed by atoms with Crippen molar-refractivity contribution in [1.82, 2.24) is 25.5 Å². The molecule has 0 unspecified atom stereocenters. The molecule has 4 N–H and O–H groups in total. The van der Waals surface area contributed by atoms with E-state index in [1.165, 1.54) is 31.4 Å². The summed E-state index contributed by atoms with van der Waals surface area (Å²) < 4.78 is 4.97. The van der Waals surface area contributed by atoms with Crippen molar-refractivity contribution >= 4 is 17.7 Å². The minimum absolute atomic E-state index is 0.0775. The molecule has 0 atom stereocenters. The average Bonchev–Trinajstić information content (AvgIpc) is 3.08. The van der Waals surface area contributed by atoms with Crippen LogP contribution in [0.25, 0.3) is 0 Å². The van der Waals surface area contributed by atoms with Crippen LogP contribution >= 0.6 is 0 Å². The number of carbonyl (C=O) groups is 1. The van der Waals surface area contributed by atoms with Crippen molar-refractivity contribution in [1.29, 1.82) is 0 Å². The van der Waals surface area contributed by atoms with Gasteiger partial charge in [0.2, 0.25) is 5.88 Å². The second kappa shape index (κ2) is 8.24. The average molecular weight is 374 g/mol. The number of hydrogen-bond acceptors (Lipinski definition) is 6. The Morgan fingerprint density at radius 3 is 2.52 bits per heavy atom. The minimum atomic E-state index is -0.912. The summed E-state index contributed by atoms with van der Waals surface area (Å²) in [5, 5.41) is 21.1. The molecule has 2 fully saturated rings. The Kier molecular flexibility index (Phi) is 5.78. The maximum Gasteiger partial charge on any atom is 0.405 e. The summed E-state index contributed by atoms with van der Waals surface area (Å²) in [5.74, 6) is 2.57. The van der Waals surface area contributed by atoms with Crippen molar-refractivity contribution in [3.63, 3.8) is 0 Å². The van der Waals surface area contributed by atoms with Crippen molar-refractivity contribution in [2.45, 2.75) is 56.9 Å². The lowest BCUT2D eigenvalue weighted by Gasteiger charge is -2.04. The number of hydrogen-bond donors (Lipinski definition) is 4. The quantitative estimate of drug-likeness (QED) is 0.632. The third-order valence-corrected chi connectivity index (χ3v) is 4.89. The van der Waals surface area contributed by atoms with Gasteiger partial charge in [-0.3, -0.25) is 5.10 Å². The third-order valence-electron chi connectivity index (χ3n) is 4.89. The standard InChI is InChI=1S/C13H17N5O.C5H9NO2/c1-19-13-8-14-12(7-15-13)16-11-6-10(17-18-11)9-4-2-3-5-9;1-5(2-3-5)6-4(7)8/h6-9H,2-5H2,1H3,(H2,14,16,17,18);6H,2-3H2,1H3,(H,7,8). The zero-order valence-electron chi connectivity index (χ0n) is 15.7. The van der Waals surface area contributed by atoms with Crippen LogP contribution in [0.5, 0.6) is 5.88 Å². The number of carboxylic acid groups (broad SMARTS) is 1. The van der Waals surface area contributed by atoms with Gasteiger partial charge in [0.05, 0.1) is 19.5 Å². The normalized spacial score (nSPS) is 17.6. The Hall–Kier alpha value is -2.84. The number of rotatable bonds is 5. The molecule has 9 heteroatoms. The molecular weight excluding hydrogens is 348 g/mol. The van der Waals surface area contributed by atoms with Gasteiger partial charge in [-0.25, -0.2) is 14.8 Å². The highest BCUT2D eigenvalue weighted by Crippen LogP contribution is 2.34. The second-order valence-electron chi connectivity index (χ2n) is 7.25. The molecule has 2 heterocycles. The number of anilines is 2. The molecule has 27 heavy (non-hydrogen) atoms. The zero-order chi connectivity index (χ0) is 19.3. The van der Waals surface area contributed by atoms with E-state index in [1.807, 2.05) is 6.92 Å². The van der Waals surface area contributed by atoms with Crippen molar-refractivity contribution in [2.75, 3.05) is 12.4 Å². The van der Waals surface area contributed by atoms with Crippen LogP contribution in [0.2, 0.25) is 0 Å². The summed E-state index contributed by atoms with van der Waals surface area (Å²) in [5.41, 5.74) is 1.13. The van der Waals surface area contributed by atoms with Crippen molar-refractivity contribution in [3.8, 4) is 5.88 Å². The lowest BCUT2D eigenvalue weighted by atomic mass is 10.0. The van der Waals surface area contributed by atoms with Crippen molar-refractivity contribution in [2.24, 2.45) is 0 Å². The number of aromatic nitrogens is 4. The first-order chi connectivity index (χ1) is 13.0. The number of nitrogens with one attached hydrogen (secondary N) is 3. The van der Waals surface area contributed by atoms with Gasteiger partial charge in [-0.15, -0.1) is 0 Å². The minimum Gasteiger partial charge on any atom is -0.480 e. The molecule has 2 aromatic heterocycles. The van der Waals surface area contributed by atoms with Gasteiger partial charge in [-0.1, -0.05) is 12.8 Å². The molecule has 0 bridgehead atoms. The monoisotopic (exact) mass is 374 g/mol. The van der Waals surface area contributed by atoms with Gasteiger partial charge in [0.15, 0.2) is 5.82 Å². The van der Waals surface area contributed by atoms with E-state index < -0.39 is 6.09 Å². The summed E-state index contributed by atoms with van der Waals surface area (Å²) >= 11 is 0. The van der Waals surface area contributed by atoms with Crippen LogP contribution in [-0.4, -0.2) is 44.0 Å². The SMILES string of the molecule is CC1(NC(=O)O)CC1.COc1cnc(Nc2cc(C3CCCC3)[nH]n2)cn1. The maximum absolute atomic E-state index is 9.94. The van der Waals surface area contributed by atoms with Gasteiger partial charge in [0, 0.05) is 23.2 Å². The Morgan fingerprint density at radius 1 is 1.26 bits per heavy atom. The Bertz CT molecular complexity index is 751. The van der Waals surface area contributed by atoms with E-state index >= 15 is 0 Å². The second-order valence-corrected chi connectivity index (χ2v) is 7.25. The highest BCUT2D eigenvalue weighted by molar-refractivity contribution is 5.66. The molecule has 0 aliphatic heterocycles. The van der Waals surface area contributed by atoms with Crippen LogP contribution in [0.1, 0.15) is 57.1 Å². The van der Waals surface area contributed by atoms with Gasteiger partial charge in [-0.2, -0.15) is 5.10 Å². The predicted octanol–water partition coefficient (Wildman–Crippen LogP) is 3.42. The predicted molar refractivity (Wildman–Crippen MR) is 100 cm³/mol. The number of methoxy groups -OCH3 is 1. The number of aromatic amines is 1. The number of amides is 1. The molecular formula is C18H26N6O3. The Morgan fingerprint density at radius 2 is 2.00 bits per heavy atom. The summed E-state index contributed by atoms with van der Waals surface area (Å²) in [4.78, 5) is 18.2. The molecule has 2 aliphatic carbocycles. The van der Waals surface area contributed by atoms with E-state index in [1.54, 1.807) is 19.5 Å². The fourth-order valence-corrected chi connectivity index (χ4v) is 3.03. The van der Waals surface area contributed by atoms with E-state index in [0.717, 1.165) is 18.7 Å².